The quantitative estimate of drug-likeness (QED) is 0.715. The Morgan fingerprint density at radius 1 is 1.25 bits per heavy atom. The van der Waals surface area contributed by atoms with Gasteiger partial charge in [0.25, 0.3) is 0 Å². The number of rotatable bonds is 8. The van der Waals surface area contributed by atoms with E-state index in [9.17, 15) is 19.5 Å². The molecule has 1 unspecified atom stereocenters. The van der Waals surface area contributed by atoms with Gasteiger partial charge in [0.1, 0.15) is 6.54 Å². The molecule has 154 valence electrons. The van der Waals surface area contributed by atoms with Crippen molar-refractivity contribution in [1.82, 2.24) is 15.1 Å². The lowest BCUT2D eigenvalue weighted by Gasteiger charge is -2.33. The molecule has 0 spiro atoms. The van der Waals surface area contributed by atoms with Crippen molar-refractivity contribution in [3.8, 4) is 0 Å². The van der Waals surface area contributed by atoms with Gasteiger partial charge in [0.2, 0.25) is 5.91 Å². The first-order valence-corrected chi connectivity index (χ1v) is 9.91. The van der Waals surface area contributed by atoms with Crippen molar-refractivity contribution < 1.29 is 19.5 Å². The van der Waals surface area contributed by atoms with Crippen LogP contribution in [0.3, 0.4) is 0 Å². The van der Waals surface area contributed by atoms with Crippen molar-refractivity contribution >= 4 is 17.9 Å². The van der Waals surface area contributed by atoms with Crippen LogP contribution in [0.5, 0.6) is 0 Å². The number of carboxylic acid groups (broad SMARTS) is 1. The van der Waals surface area contributed by atoms with E-state index < -0.39 is 5.97 Å². The Kier molecular flexibility index (Phi) is 8.29. The predicted molar refractivity (Wildman–Crippen MR) is 107 cm³/mol. The molecule has 0 bridgehead atoms. The minimum Gasteiger partial charge on any atom is -0.480 e. The molecule has 2 N–H and O–H groups in total. The number of carbonyl (C=O) groups excluding carboxylic acids is 2. The molecule has 1 aromatic carbocycles. The number of piperidine rings is 1. The molecule has 1 saturated heterocycles. The Labute approximate surface area is 166 Å². The Morgan fingerprint density at radius 3 is 2.61 bits per heavy atom. The summed E-state index contributed by atoms with van der Waals surface area (Å²) in [5, 5.41) is 12.1. The van der Waals surface area contributed by atoms with Crippen molar-refractivity contribution in [1.29, 1.82) is 0 Å². The van der Waals surface area contributed by atoms with Gasteiger partial charge >= 0.3 is 12.0 Å². The van der Waals surface area contributed by atoms with Gasteiger partial charge in [0, 0.05) is 32.6 Å². The third-order valence-corrected chi connectivity index (χ3v) is 4.83. The number of benzene rings is 1. The summed E-state index contributed by atoms with van der Waals surface area (Å²) < 4.78 is 0. The molecule has 0 aliphatic carbocycles. The van der Waals surface area contributed by atoms with E-state index in [1.807, 2.05) is 44.2 Å². The average Bonchev–Trinajstić information content (AvgIpc) is 2.66. The molecule has 0 saturated carbocycles. The first kappa shape index (κ1) is 21.7. The van der Waals surface area contributed by atoms with Crippen LogP contribution in [-0.4, -0.2) is 59.0 Å². The van der Waals surface area contributed by atoms with Crippen LogP contribution in [0.2, 0.25) is 0 Å². The summed E-state index contributed by atoms with van der Waals surface area (Å²) in [6.07, 6.45) is 1.98. The summed E-state index contributed by atoms with van der Waals surface area (Å²) >= 11 is 0. The largest absolute Gasteiger partial charge is 0.480 e. The predicted octanol–water partition coefficient (Wildman–Crippen LogP) is 2.57. The molecule has 1 atom stereocenters. The zero-order chi connectivity index (χ0) is 20.5. The zero-order valence-corrected chi connectivity index (χ0v) is 16.8. The highest BCUT2D eigenvalue weighted by Gasteiger charge is 2.27. The first-order chi connectivity index (χ1) is 13.3. The number of urea groups is 1. The summed E-state index contributed by atoms with van der Waals surface area (Å²) in [4.78, 5) is 39.4. The van der Waals surface area contributed by atoms with Crippen LogP contribution in [0, 0.1) is 11.8 Å². The number of aliphatic carboxylic acids is 1. The zero-order valence-electron chi connectivity index (χ0n) is 16.8. The molecule has 1 heterocycles. The molecule has 3 amide bonds. The monoisotopic (exact) mass is 389 g/mol. The van der Waals surface area contributed by atoms with E-state index in [0.29, 0.717) is 25.6 Å². The lowest BCUT2D eigenvalue weighted by Crippen LogP contribution is -2.47. The fraction of sp³-hybridized carbons (Fsp3) is 0.571. The van der Waals surface area contributed by atoms with E-state index in [1.165, 1.54) is 4.90 Å². The average molecular weight is 389 g/mol. The molecule has 1 aromatic rings. The maximum atomic E-state index is 12.8. The second kappa shape index (κ2) is 10.7. The van der Waals surface area contributed by atoms with Crippen LogP contribution in [-0.2, 0) is 16.1 Å². The summed E-state index contributed by atoms with van der Waals surface area (Å²) in [7, 11) is 0. The fourth-order valence-electron chi connectivity index (χ4n) is 3.39. The smallest absolute Gasteiger partial charge is 0.323 e. The molecular weight excluding hydrogens is 358 g/mol. The van der Waals surface area contributed by atoms with Crippen molar-refractivity contribution in [2.24, 2.45) is 11.8 Å². The Bertz CT molecular complexity index is 663. The van der Waals surface area contributed by atoms with Crippen LogP contribution >= 0.6 is 0 Å². The Balaban J connectivity index is 1.93. The number of hydrogen-bond donors (Lipinski definition) is 2. The van der Waals surface area contributed by atoms with E-state index in [2.05, 4.69) is 5.32 Å². The lowest BCUT2D eigenvalue weighted by molar-refractivity contribution is -0.145. The van der Waals surface area contributed by atoms with Gasteiger partial charge < -0.3 is 20.2 Å². The Morgan fingerprint density at radius 2 is 1.96 bits per heavy atom. The molecule has 1 aliphatic heterocycles. The standard InChI is InChI=1S/C21H31N3O4/c1-16(2)12-22-21(28)23-10-6-9-18(14-23)11-19(25)24(15-20(26)27)13-17-7-4-3-5-8-17/h3-5,7-8,16,18H,6,9-15H2,1-2H3,(H,22,28)(H,26,27). The molecule has 28 heavy (non-hydrogen) atoms. The third kappa shape index (κ3) is 7.21. The van der Waals surface area contributed by atoms with Crippen molar-refractivity contribution in [2.45, 2.75) is 39.7 Å². The number of amides is 3. The van der Waals surface area contributed by atoms with Crippen LogP contribution < -0.4 is 5.32 Å². The van der Waals surface area contributed by atoms with E-state index in [4.69, 9.17) is 0 Å². The van der Waals surface area contributed by atoms with Gasteiger partial charge in [-0.2, -0.15) is 0 Å². The molecule has 7 heteroatoms. The number of carbonyl (C=O) groups is 3. The number of carboxylic acids is 1. The molecule has 2 rings (SSSR count). The van der Waals surface area contributed by atoms with Gasteiger partial charge in [-0.25, -0.2) is 4.79 Å². The molecule has 1 fully saturated rings. The highest BCUT2D eigenvalue weighted by Crippen LogP contribution is 2.21. The molecule has 7 nitrogen and oxygen atoms in total. The van der Waals surface area contributed by atoms with E-state index in [1.54, 1.807) is 4.90 Å². The second-order valence-electron chi connectivity index (χ2n) is 7.87. The van der Waals surface area contributed by atoms with Crippen LogP contribution in [0.4, 0.5) is 4.79 Å². The topological polar surface area (TPSA) is 90.0 Å². The number of nitrogens with one attached hydrogen (secondary N) is 1. The summed E-state index contributed by atoms with van der Waals surface area (Å²) in [5.41, 5.74) is 0.899. The normalized spacial score (nSPS) is 16.7. The lowest BCUT2D eigenvalue weighted by atomic mass is 9.94. The number of nitrogens with zero attached hydrogens (tertiary/aromatic N) is 2. The van der Waals surface area contributed by atoms with Gasteiger partial charge in [0.15, 0.2) is 0 Å². The third-order valence-electron chi connectivity index (χ3n) is 4.83. The highest BCUT2D eigenvalue weighted by atomic mass is 16.4. The Hall–Kier alpha value is -2.57. The first-order valence-electron chi connectivity index (χ1n) is 9.91. The molecular formula is C21H31N3O4. The van der Waals surface area contributed by atoms with Gasteiger partial charge in [0.05, 0.1) is 0 Å². The summed E-state index contributed by atoms with van der Waals surface area (Å²) in [6, 6.07) is 9.29. The van der Waals surface area contributed by atoms with E-state index >= 15 is 0 Å². The molecule has 1 aliphatic rings. The SMILES string of the molecule is CC(C)CNC(=O)N1CCCC(CC(=O)N(CC(=O)O)Cc2ccccc2)C1. The van der Waals surface area contributed by atoms with Crippen LogP contribution in [0.1, 0.15) is 38.7 Å². The van der Waals surface area contributed by atoms with Crippen molar-refractivity contribution in [3.05, 3.63) is 35.9 Å². The second-order valence-corrected chi connectivity index (χ2v) is 7.87. The summed E-state index contributed by atoms with van der Waals surface area (Å²) in [6.45, 7) is 5.89. The van der Waals surface area contributed by atoms with Crippen molar-refractivity contribution in [3.63, 3.8) is 0 Å². The fourth-order valence-corrected chi connectivity index (χ4v) is 3.39. The minimum absolute atomic E-state index is 0.0538. The van der Waals surface area contributed by atoms with Crippen LogP contribution in [0.25, 0.3) is 0 Å². The summed E-state index contributed by atoms with van der Waals surface area (Å²) in [5.74, 6) is -0.768. The van der Waals surface area contributed by atoms with Gasteiger partial charge in [-0.3, -0.25) is 9.59 Å². The van der Waals surface area contributed by atoms with Crippen molar-refractivity contribution in [2.75, 3.05) is 26.2 Å². The maximum absolute atomic E-state index is 12.8. The van der Waals surface area contributed by atoms with Crippen LogP contribution in [0.15, 0.2) is 30.3 Å². The molecule has 0 radical (unpaired) electrons. The number of likely N-dealkylation sites (tertiary alicyclic amines) is 1. The van der Waals surface area contributed by atoms with Gasteiger partial charge in [-0.15, -0.1) is 0 Å². The molecule has 0 aromatic heterocycles. The minimum atomic E-state index is -1.03. The van der Waals surface area contributed by atoms with E-state index in [0.717, 1.165) is 18.4 Å². The maximum Gasteiger partial charge on any atom is 0.323 e. The number of hydrogen-bond acceptors (Lipinski definition) is 3. The van der Waals surface area contributed by atoms with Gasteiger partial charge in [-0.05, 0) is 30.2 Å². The van der Waals surface area contributed by atoms with Gasteiger partial charge in [-0.1, -0.05) is 44.2 Å². The van der Waals surface area contributed by atoms with E-state index in [-0.39, 0.29) is 37.4 Å². The highest BCUT2D eigenvalue weighted by molar-refractivity contribution is 5.81.